The Bertz CT molecular complexity index is 1230. The summed E-state index contributed by atoms with van der Waals surface area (Å²) in [4.78, 5) is 17.7. The van der Waals surface area contributed by atoms with E-state index in [-0.39, 0.29) is 4.90 Å². The number of rotatable bonds is 7. The van der Waals surface area contributed by atoms with Crippen LogP contribution in [-0.4, -0.2) is 69.9 Å². The van der Waals surface area contributed by atoms with Crippen molar-refractivity contribution in [3.8, 4) is 0 Å². The van der Waals surface area contributed by atoms with E-state index < -0.39 is 31.8 Å². The minimum absolute atomic E-state index is 0.185. The van der Waals surface area contributed by atoms with Crippen LogP contribution in [0.5, 0.6) is 0 Å². The molecule has 2 aromatic rings. The molecule has 0 spiro atoms. The van der Waals surface area contributed by atoms with Crippen molar-refractivity contribution in [3.05, 3.63) is 23.0 Å². The SMILES string of the molecule is CCOCCn1c(=NC(=O)C2CCCN2S(C)(=O)=O)sc2cc(S(C)(=O)=O)ccc21. The molecule has 0 radical (unpaired) electrons. The Labute approximate surface area is 180 Å². The molecule has 1 aromatic heterocycles. The van der Waals surface area contributed by atoms with Gasteiger partial charge in [0.15, 0.2) is 14.6 Å². The van der Waals surface area contributed by atoms with E-state index in [9.17, 15) is 21.6 Å². The van der Waals surface area contributed by atoms with E-state index in [2.05, 4.69) is 4.99 Å². The first kappa shape index (κ1) is 23.1. The molecule has 2 heterocycles. The van der Waals surface area contributed by atoms with Crippen molar-refractivity contribution in [3.63, 3.8) is 0 Å². The number of ether oxygens (including phenoxy) is 1. The second-order valence-electron chi connectivity index (χ2n) is 7.12. The first-order valence-electron chi connectivity index (χ1n) is 9.49. The maximum atomic E-state index is 12.9. The Hall–Kier alpha value is -1.60. The van der Waals surface area contributed by atoms with Gasteiger partial charge in [-0.15, -0.1) is 0 Å². The normalized spacial score (nSPS) is 19.0. The van der Waals surface area contributed by atoms with E-state index in [1.54, 1.807) is 16.7 Å². The lowest BCUT2D eigenvalue weighted by atomic mass is 10.2. The van der Waals surface area contributed by atoms with Gasteiger partial charge in [0.25, 0.3) is 5.91 Å². The number of hydrogen-bond donors (Lipinski definition) is 0. The highest BCUT2D eigenvalue weighted by molar-refractivity contribution is 7.90. The average molecular weight is 476 g/mol. The molecule has 1 atom stereocenters. The summed E-state index contributed by atoms with van der Waals surface area (Å²) >= 11 is 1.20. The standard InChI is InChI=1S/C18H25N3O6S3/c1-4-27-11-10-20-14-8-7-13(29(2,23)24)12-16(14)28-18(20)19-17(22)15-6-5-9-21(15)30(3,25)26/h7-8,12,15H,4-6,9-11H2,1-3H3. The van der Waals surface area contributed by atoms with Crippen molar-refractivity contribution in [1.82, 2.24) is 8.87 Å². The Morgan fingerprint density at radius 2 is 2.00 bits per heavy atom. The first-order chi connectivity index (χ1) is 14.0. The molecule has 30 heavy (non-hydrogen) atoms. The average Bonchev–Trinajstić information content (AvgIpc) is 3.26. The third kappa shape index (κ3) is 4.99. The number of benzene rings is 1. The molecular weight excluding hydrogens is 450 g/mol. The second kappa shape index (κ2) is 8.87. The van der Waals surface area contributed by atoms with Crippen molar-refractivity contribution < 1.29 is 26.4 Å². The summed E-state index contributed by atoms with van der Waals surface area (Å²) in [6.45, 7) is 3.55. The molecule has 1 amide bonds. The number of amides is 1. The van der Waals surface area contributed by atoms with Crippen LogP contribution in [0.25, 0.3) is 10.2 Å². The summed E-state index contributed by atoms with van der Waals surface area (Å²) < 4.78 is 56.8. The Balaban J connectivity index is 2.08. The van der Waals surface area contributed by atoms with Crippen LogP contribution in [0.3, 0.4) is 0 Å². The third-order valence-electron chi connectivity index (χ3n) is 4.87. The van der Waals surface area contributed by atoms with E-state index >= 15 is 0 Å². The predicted octanol–water partition coefficient (Wildman–Crippen LogP) is 0.994. The zero-order valence-corrected chi connectivity index (χ0v) is 19.5. The molecule has 0 bridgehead atoms. The Kier molecular flexibility index (Phi) is 6.82. The monoisotopic (exact) mass is 475 g/mol. The highest BCUT2D eigenvalue weighted by Crippen LogP contribution is 2.23. The Morgan fingerprint density at radius 1 is 1.27 bits per heavy atom. The lowest BCUT2D eigenvalue weighted by molar-refractivity contribution is -0.121. The highest BCUT2D eigenvalue weighted by Gasteiger charge is 2.36. The molecule has 166 valence electrons. The van der Waals surface area contributed by atoms with Gasteiger partial charge in [0.05, 0.1) is 28.0 Å². The summed E-state index contributed by atoms with van der Waals surface area (Å²) in [6.07, 6.45) is 3.26. The number of hydrogen-bond acceptors (Lipinski definition) is 7. The van der Waals surface area contributed by atoms with Gasteiger partial charge in [0.1, 0.15) is 6.04 Å². The molecule has 0 aliphatic carbocycles. The van der Waals surface area contributed by atoms with Crippen molar-refractivity contribution in [2.75, 3.05) is 32.3 Å². The molecule has 0 N–H and O–H groups in total. The first-order valence-corrected chi connectivity index (χ1v) is 14.0. The molecule has 1 aliphatic rings. The largest absolute Gasteiger partial charge is 0.380 e. The molecule has 1 aliphatic heterocycles. The number of aromatic nitrogens is 1. The fraction of sp³-hybridized carbons (Fsp3) is 0.556. The minimum Gasteiger partial charge on any atom is -0.380 e. The van der Waals surface area contributed by atoms with Gasteiger partial charge in [-0.2, -0.15) is 9.30 Å². The van der Waals surface area contributed by atoms with Crippen LogP contribution in [0.2, 0.25) is 0 Å². The number of fused-ring (bicyclic) bond motifs is 1. The summed E-state index contributed by atoms with van der Waals surface area (Å²) in [7, 11) is -6.88. The van der Waals surface area contributed by atoms with Crippen molar-refractivity contribution in [1.29, 1.82) is 0 Å². The quantitative estimate of drug-likeness (QED) is 0.552. The van der Waals surface area contributed by atoms with Gasteiger partial charge < -0.3 is 9.30 Å². The third-order valence-corrected chi connectivity index (χ3v) is 8.31. The van der Waals surface area contributed by atoms with E-state index in [1.807, 2.05) is 6.92 Å². The van der Waals surface area contributed by atoms with Gasteiger partial charge in [0, 0.05) is 26.0 Å². The van der Waals surface area contributed by atoms with Gasteiger partial charge in [-0.25, -0.2) is 16.8 Å². The maximum absolute atomic E-state index is 12.9. The van der Waals surface area contributed by atoms with E-state index in [1.165, 1.54) is 21.7 Å². The molecular formula is C18H25N3O6S3. The summed E-state index contributed by atoms with van der Waals surface area (Å²) in [5, 5.41) is 0. The molecule has 3 rings (SSSR count). The molecule has 1 aromatic carbocycles. The zero-order chi connectivity index (χ0) is 22.1. The minimum atomic E-state index is -3.50. The number of sulfonamides is 1. The molecule has 9 nitrogen and oxygen atoms in total. The number of sulfone groups is 1. The van der Waals surface area contributed by atoms with Gasteiger partial charge in [-0.3, -0.25) is 4.79 Å². The van der Waals surface area contributed by atoms with E-state index in [0.717, 1.165) is 18.0 Å². The summed E-state index contributed by atoms with van der Waals surface area (Å²) in [5.41, 5.74) is 0.741. The topological polar surface area (TPSA) is 115 Å². The van der Waals surface area contributed by atoms with Gasteiger partial charge in [-0.05, 0) is 38.0 Å². The molecule has 1 saturated heterocycles. The van der Waals surface area contributed by atoms with Crippen LogP contribution in [0.15, 0.2) is 28.1 Å². The van der Waals surface area contributed by atoms with Crippen molar-refractivity contribution in [2.24, 2.45) is 4.99 Å². The van der Waals surface area contributed by atoms with Gasteiger partial charge in [-0.1, -0.05) is 11.3 Å². The lowest BCUT2D eigenvalue weighted by Gasteiger charge is -2.18. The van der Waals surface area contributed by atoms with Crippen molar-refractivity contribution >= 4 is 47.3 Å². The van der Waals surface area contributed by atoms with Crippen LogP contribution in [0.1, 0.15) is 19.8 Å². The van der Waals surface area contributed by atoms with Crippen LogP contribution in [-0.2, 0) is 35.9 Å². The van der Waals surface area contributed by atoms with Crippen LogP contribution in [0.4, 0.5) is 0 Å². The van der Waals surface area contributed by atoms with E-state index in [0.29, 0.717) is 48.6 Å². The predicted molar refractivity (Wildman–Crippen MR) is 115 cm³/mol. The molecule has 1 unspecified atom stereocenters. The lowest BCUT2D eigenvalue weighted by Crippen LogP contribution is -2.40. The number of thiazole rings is 1. The van der Waals surface area contributed by atoms with Crippen molar-refractivity contribution in [2.45, 2.75) is 37.2 Å². The Morgan fingerprint density at radius 3 is 2.63 bits per heavy atom. The van der Waals surface area contributed by atoms with Crippen LogP contribution in [0, 0.1) is 0 Å². The molecule has 12 heteroatoms. The molecule has 0 saturated carbocycles. The van der Waals surface area contributed by atoms with Crippen LogP contribution >= 0.6 is 11.3 Å². The zero-order valence-electron chi connectivity index (χ0n) is 17.1. The smallest absolute Gasteiger partial charge is 0.266 e. The van der Waals surface area contributed by atoms with E-state index in [4.69, 9.17) is 4.74 Å². The molecule has 1 fully saturated rings. The summed E-state index contributed by atoms with van der Waals surface area (Å²) in [6, 6.07) is 3.97. The maximum Gasteiger partial charge on any atom is 0.266 e. The van der Waals surface area contributed by atoms with Gasteiger partial charge >= 0.3 is 0 Å². The number of carbonyl (C=O) groups is 1. The highest BCUT2D eigenvalue weighted by atomic mass is 32.2. The summed E-state index contributed by atoms with van der Waals surface area (Å²) in [5.74, 6) is -0.516. The second-order valence-corrected chi connectivity index (χ2v) is 12.1. The van der Waals surface area contributed by atoms with Crippen LogP contribution < -0.4 is 4.80 Å². The fourth-order valence-electron chi connectivity index (χ4n) is 3.44. The van der Waals surface area contributed by atoms with Gasteiger partial charge in [0.2, 0.25) is 10.0 Å². The number of nitrogens with zero attached hydrogens (tertiary/aromatic N) is 3. The fourth-order valence-corrected chi connectivity index (χ4v) is 6.38. The number of carbonyl (C=O) groups excluding carboxylic acids is 1.